The average molecular weight is 430 g/mol. The second-order valence-corrected chi connectivity index (χ2v) is 7.43. The zero-order chi connectivity index (χ0) is 19.5. The Bertz CT molecular complexity index is 1140. The molecule has 0 aromatic heterocycles. The summed E-state index contributed by atoms with van der Waals surface area (Å²) in [5, 5.41) is 9.18. The van der Waals surface area contributed by atoms with Crippen molar-refractivity contribution in [3.8, 4) is 11.8 Å². The fourth-order valence-electron chi connectivity index (χ4n) is 3.31. The van der Waals surface area contributed by atoms with Gasteiger partial charge in [0.1, 0.15) is 12.4 Å². The van der Waals surface area contributed by atoms with Gasteiger partial charge < -0.3 is 4.74 Å². The molecule has 136 valence electrons. The van der Waals surface area contributed by atoms with Gasteiger partial charge in [-0.2, -0.15) is 5.26 Å². The van der Waals surface area contributed by atoms with E-state index in [0.29, 0.717) is 24.3 Å². The number of nitriles is 1. The monoisotopic (exact) mass is 429 g/mol. The van der Waals surface area contributed by atoms with Crippen LogP contribution < -0.4 is 4.74 Å². The van der Waals surface area contributed by atoms with Gasteiger partial charge in [0.25, 0.3) is 0 Å². The van der Waals surface area contributed by atoms with Crippen LogP contribution in [-0.4, -0.2) is 5.78 Å². The lowest BCUT2D eigenvalue weighted by Gasteiger charge is -2.10. The number of ketones is 1. The third-order valence-electron chi connectivity index (χ3n) is 4.75. The van der Waals surface area contributed by atoms with E-state index in [1.54, 1.807) is 6.07 Å². The Morgan fingerprint density at radius 1 is 1.07 bits per heavy atom. The number of hydrogen-bond donors (Lipinski definition) is 0. The van der Waals surface area contributed by atoms with E-state index in [-0.39, 0.29) is 5.78 Å². The molecule has 4 rings (SSSR count). The molecular formula is C24H16BrNO2. The highest BCUT2D eigenvalue weighted by Crippen LogP contribution is 2.31. The predicted molar refractivity (Wildman–Crippen MR) is 112 cm³/mol. The first kappa shape index (κ1) is 18.2. The van der Waals surface area contributed by atoms with Gasteiger partial charge >= 0.3 is 0 Å². The van der Waals surface area contributed by atoms with Gasteiger partial charge in [-0.15, -0.1) is 0 Å². The number of nitrogens with zero attached hydrogens (tertiary/aromatic N) is 1. The quantitative estimate of drug-likeness (QED) is 0.498. The van der Waals surface area contributed by atoms with E-state index >= 15 is 0 Å². The van der Waals surface area contributed by atoms with E-state index in [2.05, 4.69) is 22.0 Å². The number of fused-ring (bicyclic) bond motifs is 1. The van der Waals surface area contributed by atoms with E-state index < -0.39 is 0 Å². The third-order valence-corrected chi connectivity index (χ3v) is 5.37. The Labute approximate surface area is 172 Å². The van der Waals surface area contributed by atoms with Gasteiger partial charge in [0.05, 0.1) is 16.1 Å². The molecule has 0 amide bonds. The second kappa shape index (κ2) is 7.84. The first-order chi connectivity index (χ1) is 13.7. The molecule has 3 aromatic carbocycles. The van der Waals surface area contributed by atoms with Crippen molar-refractivity contribution < 1.29 is 9.53 Å². The molecule has 0 spiro atoms. The highest BCUT2D eigenvalue weighted by Gasteiger charge is 2.23. The Hall–Kier alpha value is -3.16. The maximum atomic E-state index is 12.5. The molecule has 0 fully saturated rings. The molecule has 0 heterocycles. The van der Waals surface area contributed by atoms with Crippen LogP contribution >= 0.6 is 15.9 Å². The Kier molecular flexibility index (Phi) is 5.10. The maximum Gasteiger partial charge on any atom is 0.189 e. The van der Waals surface area contributed by atoms with Crippen molar-refractivity contribution in [2.45, 2.75) is 13.0 Å². The number of carbonyl (C=O) groups is 1. The van der Waals surface area contributed by atoms with E-state index in [1.807, 2.05) is 66.7 Å². The molecule has 0 saturated carbocycles. The van der Waals surface area contributed by atoms with Gasteiger partial charge in [-0.05, 0) is 51.3 Å². The molecule has 0 atom stereocenters. The normalized spacial score (nSPS) is 14.0. The Morgan fingerprint density at radius 3 is 2.64 bits per heavy atom. The molecule has 4 heteroatoms. The van der Waals surface area contributed by atoms with Crippen molar-refractivity contribution in [2.75, 3.05) is 0 Å². The SMILES string of the molecule is N#Cc1ccccc1COc1ccc(/C=C2\Cc3ccccc3C2=O)cc1Br. The number of hydrogen-bond acceptors (Lipinski definition) is 3. The van der Waals surface area contributed by atoms with Crippen molar-refractivity contribution in [3.05, 3.63) is 105 Å². The third kappa shape index (κ3) is 3.62. The zero-order valence-electron chi connectivity index (χ0n) is 15.0. The fraction of sp³-hybridized carbons (Fsp3) is 0.0833. The van der Waals surface area contributed by atoms with E-state index in [4.69, 9.17) is 4.74 Å². The van der Waals surface area contributed by atoms with Gasteiger partial charge in [0.2, 0.25) is 0 Å². The molecule has 0 N–H and O–H groups in total. The molecule has 1 aliphatic carbocycles. The van der Waals surface area contributed by atoms with Crippen LogP contribution in [-0.2, 0) is 13.0 Å². The van der Waals surface area contributed by atoms with Crippen molar-refractivity contribution in [3.63, 3.8) is 0 Å². The Balaban J connectivity index is 1.51. The molecule has 0 unspecified atom stereocenters. The summed E-state index contributed by atoms with van der Waals surface area (Å²) in [5.74, 6) is 0.788. The topological polar surface area (TPSA) is 50.1 Å². The first-order valence-corrected chi connectivity index (χ1v) is 9.68. The molecule has 0 aliphatic heterocycles. The number of Topliss-reactive ketones (excluding diaryl/α,β-unsaturated/α-hetero) is 1. The smallest absolute Gasteiger partial charge is 0.189 e. The molecule has 1 aliphatic rings. The van der Waals surface area contributed by atoms with E-state index in [0.717, 1.165) is 32.3 Å². The first-order valence-electron chi connectivity index (χ1n) is 8.89. The van der Waals surface area contributed by atoms with Crippen LogP contribution in [0.2, 0.25) is 0 Å². The minimum atomic E-state index is 0.0974. The highest BCUT2D eigenvalue weighted by atomic mass is 79.9. The summed E-state index contributed by atoms with van der Waals surface area (Å²) in [6.45, 7) is 0.316. The molecule has 28 heavy (non-hydrogen) atoms. The van der Waals surface area contributed by atoms with Crippen LogP contribution in [0, 0.1) is 11.3 Å². The number of carbonyl (C=O) groups excluding carboxylic acids is 1. The van der Waals surface area contributed by atoms with Crippen LogP contribution in [0.4, 0.5) is 0 Å². The summed E-state index contributed by atoms with van der Waals surface area (Å²) in [5.41, 5.74) is 5.06. The summed E-state index contributed by atoms with van der Waals surface area (Å²) in [4.78, 5) is 12.5. The number of halogens is 1. The zero-order valence-corrected chi connectivity index (χ0v) is 16.6. The van der Waals surface area contributed by atoms with E-state index in [9.17, 15) is 10.1 Å². The van der Waals surface area contributed by atoms with Gasteiger partial charge in [-0.3, -0.25) is 4.79 Å². The van der Waals surface area contributed by atoms with Crippen LogP contribution in [0.5, 0.6) is 5.75 Å². The van der Waals surface area contributed by atoms with Gasteiger partial charge in [-0.25, -0.2) is 0 Å². The molecule has 0 bridgehead atoms. The lowest BCUT2D eigenvalue weighted by atomic mass is 10.1. The molecule has 3 nitrogen and oxygen atoms in total. The summed E-state index contributed by atoms with van der Waals surface area (Å²) in [6.07, 6.45) is 2.59. The Morgan fingerprint density at radius 2 is 1.86 bits per heavy atom. The molecule has 3 aromatic rings. The largest absolute Gasteiger partial charge is 0.488 e. The minimum Gasteiger partial charge on any atom is -0.488 e. The van der Waals surface area contributed by atoms with Crippen molar-refractivity contribution in [2.24, 2.45) is 0 Å². The lowest BCUT2D eigenvalue weighted by molar-refractivity contribution is 0.104. The van der Waals surface area contributed by atoms with Gasteiger partial charge in [0.15, 0.2) is 5.78 Å². The van der Waals surface area contributed by atoms with Crippen LogP contribution in [0.1, 0.15) is 32.6 Å². The van der Waals surface area contributed by atoms with Crippen LogP contribution in [0.15, 0.2) is 76.8 Å². The number of benzene rings is 3. The molecular weight excluding hydrogens is 414 g/mol. The van der Waals surface area contributed by atoms with Crippen LogP contribution in [0.25, 0.3) is 6.08 Å². The van der Waals surface area contributed by atoms with E-state index in [1.165, 1.54) is 0 Å². The highest BCUT2D eigenvalue weighted by molar-refractivity contribution is 9.10. The predicted octanol–water partition coefficient (Wildman–Crippen LogP) is 5.72. The van der Waals surface area contributed by atoms with Crippen LogP contribution in [0.3, 0.4) is 0 Å². The molecule has 0 saturated heterocycles. The summed E-state index contributed by atoms with van der Waals surface area (Å²) < 4.78 is 6.68. The summed E-state index contributed by atoms with van der Waals surface area (Å²) in [6, 6.07) is 23.0. The maximum absolute atomic E-state index is 12.5. The standard InChI is InChI=1S/C24H16BrNO2/c25-22-12-16(11-20-13-17-5-3-4-8-21(17)24(20)27)9-10-23(22)28-15-19-7-2-1-6-18(19)14-26/h1-12H,13,15H2/b20-11+. The number of allylic oxidation sites excluding steroid dienone is 1. The summed E-state index contributed by atoms with van der Waals surface area (Å²) in [7, 11) is 0. The van der Waals surface area contributed by atoms with Gasteiger partial charge in [-0.1, -0.05) is 48.5 Å². The van der Waals surface area contributed by atoms with Crippen molar-refractivity contribution in [1.82, 2.24) is 0 Å². The minimum absolute atomic E-state index is 0.0974. The van der Waals surface area contributed by atoms with Crippen molar-refractivity contribution >= 4 is 27.8 Å². The average Bonchev–Trinajstić information content (AvgIpc) is 3.03. The second-order valence-electron chi connectivity index (χ2n) is 6.58. The van der Waals surface area contributed by atoms with Gasteiger partial charge in [0, 0.05) is 23.1 Å². The molecule has 0 radical (unpaired) electrons. The lowest BCUT2D eigenvalue weighted by Crippen LogP contribution is -1.99. The summed E-state index contributed by atoms with van der Waals surface area (Å²) >= 11 is 3.54. The number of rotatable bonds is 4. The fourth-order valence-corrected chi connectivity index (χ4v) is 3.82. The van der Waals surface area contributed by atoms with Crippen molar-refractivity contribution in [1.29, 1.82) is 5.26 Å². The number of ether oxygens (including phenoxy) is 1.